The molecule has 1 heterocycles. The lowest BCUT2D eigenvalue weighted by atomic mass is 10.1. The molecule has 0 atom stereocenters. The number of carbonyl (C=O) groups excluding carboxylic acids is 1. The maximum Gasteiger partial charge on any atom is 0.487 e. The summed E-state index contributed by atoms with van der Waals surface area (Å²) in [6.07, 6.45) is 0.410. The molecule has 0 unspecified atom stereocenters. The number of halogens is 3. The standard InChI is InChI=1S/C19H16ClF2N3O4/c1-11-15(16-10-14(29-19(20,21)22)5-6-17(16)24-11)7-8-23-18(26)12-3-2-4-13(9-12)25(27)28/h2-6,9-10,24H,7-8H2,1H3,(H,23,26). The van der Waals surface area contributed by atoms with Crippen LogP contribution in [0.1, 0.15) is 21.6 Å². The second-order valence-corrected chi connectivity index (χ2v) is 6.74. The lowest BCUT2D eigenvalue weighted by Gasteiger charge is -2.11. The Balaban J connectivity index is 1.72. The zero-order valence-corrected chi connectivity index (χ0v) is 15.9. The number of carbonyl (C=O) groups is 1. The SMILES string of the molecule is Cc1[nH]c2ccc(OC(F)(F)Cl)cc2c1CCNC(=O)c1cccc([N+](=O)[O-])c1. The number of ether oxygens (including phenoxy) is 1. The van der Waals surface area contributed by atoms with Crippen molar-refractivity contribution in [2.75, 3.05) is 6.54 Å². The van der Waals surface area contributed by atoms with Gasteiger partial charge in [0.1, 0.15) is 5.75 Å². The molecule has 152 valence electrons. The highest BCUT2D eigenvalue weighted by atomic mass is 35.5. The van der Waals surface area contributed by atoms with Crippen LogP contribution in [0.15, 0.2) is 42.5 Å². The predicted octanol–water partition coefficient (Wildman–Crippen LogP) is 4.52. The van der Waals surface area contributed by atoms with Gasteiger partial charge < -0.3 is 15.0 Å². The van der Waals surface area contributed by atoms with Crippen LogP contribution in [0.5, 0.6) is 5.75 Å². The summed E-state index contributed by atoms with van der Waals surface area (Å²) < 4.78 is 30.2. The molecule has 7 nitrogen and oxygen atoms in total. The van der Waals surface area contributed by atoms with E-state index in [4.69, 9.17) is 11.6 Å². The number of hydrogen-bond donors (Lipinski definition) is 2. The van der Waals surface area contributed by atoms with Gasteiger partial charge >= 0.3 is 5.57 Å². The number of alkyl halides is 3. The van der Waals surface area contributed by atoms with Gasteiger partial charge in [0.15, 0.2) is 0 Å². The largest absolute Gasteiger partial charge is 0.487 e. The van der Waals surface area contributed by atoms with E-state index in [1.54, 1.807) is 6.07 Å². The molecule has 0 aliphatic carbocycles. The third-order valence-corrected chi connectivity index (χ3v) is 4.38. The van der Waals surface area contributed by atoms with Crippen molar-refractivity contribution in [3.8, 4) is 5.75 Å². The Morgan fingerprint density at radius 2 is 2.07 bits per heavy atom. The first-order valence-electron chi connectivity index (χ1n) is 8.53. The van der Waals surface area contributed by atoms with Crippen LogP contribution in [0.25, 0.3) is 10.9 Å². The molecule has 0 saturated carbocycles. The first kappa shape index (κ1) is 20.5. The summed E-state index contributed by atoms with van der Waals surface area (Å²) in [5.74, 6) is -0.532. The van der Waals surface area contributed by atoms with Crippen molar-refractivity contribution in [3.05, 3.63) is 69.4 Å². The summed E-state index contributed by atoms with van der Waals surface area (Å²) in [7, 11) is 0. The van der Waals surface area contributed by atoms with Crippen LogP contribution < -0.4 is 10.1 Å². The Morgan fingerprint density at radius 3 is 2.76 bits per heavy atom. The van der Waals surface area contributed by atoms with Gasteiger partial charge in [0, 0.05) is 52.4 Å². The highest BCUT2D eigenvalue weighted by Gasteiger charge is 2.27. The molecule has 0 radical (unpaired) electrons. The molecule has 0 spiro atoms. The molecule has 0 aliphatic rings. The average Bonchev–Trinajstić information content (AvgIpc) is 2.95. The Hall–Kier alpha value is -3.20. The molecular formula is C19H16ClF2N3O4. The summed E-state index contributed by atoms with van der Waals surface area (Å²) in [5.41, 5.74) is -1.44. The molecule has 0 saturated heterocycles. The zero-order valence-electron chi connectivity index (χ0n) is 15.2. The predicted molar refractivity (Wildman–Crippen MR) is 104 cm³/mol. The normalized spacial score (nSPS) is 11.4. The number of nitro benzene ring substituents is 1. The maximum absolute atomic E-state index is 12.9. The number of aromatic amines is 1. The third kappa shape index (κ3) is 5.00. The van der Waals surface area contributed by atoms with E-state index < -0.39 is 16.4 Å². The minimum atomic E-state index is -3.81. The highest BCUT2D eigenvalue weighted by Crippen LogP contribution is 2.30. The number of rotatable bonds is 7. The molecule has 0 aliphatic heterocycles. The first-order chi connectivity index (χ1) is 13.6. The van der Waals surface area contributed by atoms with Gasteiger partial charge in [-0.2, -0.15) is 0 Å². The van der Waals surface area contributed by atoms with Crippen LogP contribution in [0.4, 0.5) is 14.5 Å². The van der Waals surface area contributed by atoms with E-state index in [-0.39, 0.29) is 23.5 Å². The van der Waals surface area contributed by atoms with Gasteiger partial charge in [-0.1, -0.05) is 6.07 Å². The first-order valence-corrected chi connectivity index (χ1v) is 8.91. The number of nitrogens with one attached hydrogen (secondary N) is 2. The fourth-order valence-corrected chi connectivity index (χ4v) is 3.13. The summed E-state index contributed by atoms with van der Waals surface area (Å²) in [6, 6.07) is 9.85. The minimum Gasteiger partial charge on any atom is -0.420 e. The Kier molecular flexibility index (Phi) is 5.69. The molecule has 0 fully saturated rings. The number of nitro groups is 1. The van der Waals surface area contributed by atoms with Gasteiger partial charge in [-0.25, -0.2) is 0 Å². The van der Waals surface area contributed by atoms with Crippen molar-refractivity contribution in [3.63, 3.8) is 0 Å². The van der Waals surface area contributed by atoms with Gasteiger partial charge in [0.05, 0.1) is 4.92 Å². The molecule has 1 amide bonds. The fraction of sp³-hybridized carbons (Fsp3) is 0.211. The molecule has 29 heavy (non-hydrogen) atoms. The van der Waals surface area contributed by atoms with Crippen molar-refractivity contribution in [1.29, 1.82) is 0 Å². The van der Waals surface area contributed by atoms with Gasteiger partial charge in [-0.05, 0) is 43.2 Å². The summed E-state index contributed by atoms with van der Waals surface area (Å²) in [5, 5.41) is 14.2. The van der Waals surface area contributed by atoms with Crippen molar-refractivity contribution in [2.24, 2.45) is 0 Å². The lowest BCUT2D eigenvalue weighted by molar-refractivity contribution is -0.384. The fourth-order valence-electron chi connectivity index (χ4n) is 3.04. The van der Waals surface area contributed by atoms with E-state index in [9.17, 15) is 23.7 Å². The molecule has 0 bridgehead atoms. The van der Waals surface area contributed by atoms with Crippen LogP contribution in [0.2, 0.25) is 0 Å². The van der Waals surface area contributed by atoms with Crippen LogP contribution in [0.3, 0.4) is 0 Å². The average molecular weight is 424 g/mol. The highest BCUT2D eigenvalue weighted by molar-refractivity contribution is 6.20. The summed E-state index contributed by atoms with van der Waals surface area (Å²) >= 11 is 4.82. The van der Waals surface area contributed by atoms with Crippen LogP contribution >= 0.6 is 11.6 Å². The quantitative estimate of drug-likeness (QED) is 0.331. The number of aromatic nitrogens is 1. The monoisotopic (exact) mass is 423 g/mol. The van der Waals surface area contributed by atoms with Crippen molar-refractivity contribution >= 4 is 34.1 Å². The van der Waals surface area contributed by atoms with Gasteiger partial charge in [0.25, 0.3) is 11.6 Å². The number of aryl methyl sites for hydroxylation is 1. The second-order valence-electron chi connectivity index (χ2n) is 6.30. The van der Waals surface area contributed by atoms with E-state index in [1.807, 2.05) is 6.92 Å². The lowest BCUT2D eigenvalue weighted by Crippen LogP contribution is -2.25. The van der Waals surface area contributed by atoms with E-state index in [0.29, 0.717) is 11.8 Å². The smallest absolute Gasteiger partial charge is 0.420 e. The molecule has 2 aromatic carbocycles. The molecule has 2 N–H and O–H groups in total. The van der Waals surface area contributed by atoms with Crippen molar-refractivity contribution in [1.82, 2.24) is 10.3 Å². The van der Waals surface area contributed by atoms with Crippen molar-refractivity contribution < 1.29 is 23.2 Å². The number of nitrogens with zero attached hydrogens (tertiary/aromatic N) is 1. The topological polar surface area (TPSA) is 97.3 Å². The molecular weight excluding hydrogens is 408 g/mol. The van der Waals surface area contributed by atoms with Gasteiger partial charge in [-0.3, -0.25) is 14.9 Å². The van der Waals surface area contributed by atoms with E-state index in [1.165, 1.54) is 36.4 Å². The number of amides is 1. The Labute approximate surface area is 168 Å². The number of hydrogen-bond acceptors (Lipinski definition) is 4. The van der Waals surface area contributed by atoms with E-state index in [0.717, 1.165) is 16.8 Å². The molecule has 3 rings (SSSR count). The van der Waals surface area contributed by atoms with Crippen LogP contribution in [0, 0.1) is 17.0 Å². The number of non-ortho nitro benzene ring substituents is 1. The second kappa shape index (κ2) is 8.04. The maximum atomic E-state index is 12.9. The Morgan fingerprint density at radius 1 is 1.31 bits per heavy atom. The minimum absolute atomic E-state index is 0.0848. The van der Waals surface area contributed by atoms with Crippen LogP contribution in [-0.4, -0.2) is 27.9 Å². The van der Waals surface area contributed by atoms with Gasteiger partial charge in [-0.15, -0.1) is 8.78 Å². The van der Waals surface area contributed by atoms with Crippen molar-refractivity contribution in [2.45, 2.75) is 18.9 Å². The summed E-state index contributed by atoms with van der Waals surface area (Å²) in [6.45, 7) is 2.07. The third-order valence-electron chi connectivity index (χ3n) is 4.30. The molecule has 1 aromatic heterocycles. The van der Waals surface area contributed by atoms with E-state index >= 15 is 0 Å². The van der Waals surface area contributed by atoms with Gasteiger partial charge in [0.2, 0.25) is 0 Å². The summed E-state index contributed by atoms with van der Waals surface area (Å²) in [4.78, 5) is 25.6. The number of H-pyrrole nitrogens is 1. The number of benzene rings is 2. The zero-order chi connectivity index (χ0) is 21.2. The number of fused-ring (bicyclic) bond motifs is 1. The molecule has 3 aromatic rings. The Bertz CT molecular complexity index is 1080. The van der Waals surface area contributed by atoms with Crippen LogP contribution in [-0.2, 0) is 6.42 Å². The molecule has 10 heteroatoms. The van der Waals surface area contributed by atoms with E-state index in [2.05, 4.69) is 15.0 Å².